The van der Waals surface area contributed by atoms with Crippen molar-refractivity contribution in [2.24, 2.45) is 5.92 Å². The van der Waals surface area contributed by atoms with Gasteiger partial charge in [-0.2, -0.15) is 4.98 Å². The van der Waals surface area contributed by atoms with Gasteiger partial charge in [0.1, 0.15) is 18.3 Å². The SMILES string of the molecule is CO[C@@H]1[C@H](O[Si](C)(C)C(C)(C)C)[C@@H](CO)O[C@H]1n1cnc2c(=O)[nH]c(NC(=O)C(C)C)nc21. The number of aromatic nitrogens is 4. The fourth-order valence-electron chi connectivity index (χ4n) is 3.42. The van der Waals surface area contributed by atoms with Crippen LogP contribution < -0.4 is 10.9 Å². The van der Waals surface area contributed by atoms with E-state index in [1.807, 2.05) is 0 Å². The second-order valence-electron chi connectivity index (χ2n) is 10.2. The van der Waals surface area contributed by atoms with Crippen LogP contribution in [0.5, 0.6) is 0 Å². The van der Waals surface area contributed by atoms with E-state index in [1.54, 1.807) is 25.5 Å². The lowest BCUT2D eigenvalue weighted by Gasteiger charge is -2.40. The third-order valence-corrected chi connectivity index (χ3v) is 10.9. The topological polar surface area (TPSA) is 141 Å². The van der Waals surface area contributed by atoms with Gasteiger partial charge in [-0.1, -0.05) is 34.6 Å². The molecule has 1 fully saturated rings. The molecule has 0 radical (unpaired) electrons. The van der Waals surface area contributed by atoms with Crippen molar-refractivity contribution >= 4 is 31.3 Å². The van der Waals surface area contributed by atoms with Crippen molar-refractivity contribution in [2.45, 2.75) is 77.3 Å². The Morgan fingerprint density at radius 2 is 2.03 bits per heavy atom. The fourth-order valence-corrected chi connectivity index (χ4v) is 4.74. The zero-order valence-electron chi connectivity index (χ0n) is 20.5. The summed E-state index contributed by atoms with van der Waals surface area (Å²) in [7, 11) is -0.663. The van der Waals surface area contributed by atoms with Crippen LogP contribution in [0.3, 0.4) is 0 Å². The summed E-state index contributed by atoms with van der Waals surface area (Å²) in [5.74, 6) is -0.545. The number of amides is 1. The third kappa shape index (κ3) is 4.89. The number of carbonyl (C=O) groups excluding carboxylic acids is 1. The molecule has 1 saturated heterocycles. The molecule has 0 unspecified atom stereocenters. The number of rotatable bonds is 7. The molecule has 2 aromatic rings. The van der Waals surface area contributed by atoms with Gasteiger partial charge in [-0.05, 0) is 18.1 Å². The highest BCUT2D eigenvalue weighted by Crippen LogP contribution is 2.42. The first kappa shape index (κ1) is 25.5. The standard InChI is InChI=1S/C21H35N5O6Si/c1-11(2)17(28)24-20-23-16-13(18(29)25-20)22-10-26(16)19-15(30-6)14(12(9-27)31-19)32-33(7,8)21(3,4)5/h10-12,14-15,19,27H,9H2,1-8H3,(H2,23,24,25,28,29)/t12-,14-,15-,19-/m1/s1. The van der Waals surface area contributed by atoms with Gasteiger partial charge < -0.3 is 19.0 Å². The molecule has 12 heteroatoms. The molecule has 3 rings (SSSR count). The summed E-state index contributed by atoms with van der Waals surface area (Å²) in [6.07, 6.45) is -1.03. The second-order valence-corrected chi connectivity index (χ2v) is 14.9. The Kier molecular flexibility index (Phi) is 7.15. The summed E-state index contributed by atoms with van der Waals surface area (Å²) >= 11 is 0. The molecule has 1 aliphatic heterocycles. The molecule has 3 heterocycles. The summed E-state index contributed by atoms with van der Waals surface area (Å²) in [6, 6.07) is 0. The van der Waals surface area contributed by atoms with Gasteiger partial charge in [-0.15, -0.1) is 0 Å². The van der Waals surface area contributed by atoms with E-state index >= 15 is 0 Å². The molecule has 3 N–H and O–H groups in total. The highest BCUT2D eigenvalue weighted by Gasteiger charge is 2.51. The summed E-state index contributed by atoms with van der Waals surface area (Å²) in [6.45, 7) is 13.9. The third-order valence-electron chi connectivity index (χ3n) is 6.45. The molecule has 11 nitrogen and oxygen atoms in total. The van der Waals surface area contributed by atoms with Crippen molar-refractivity contribution < 1.29 is 23.8 Å². The minimum absolute atomic E-state index is 0.0210. The molecule has 0 spiro atoms. The minimum Gasteiger partial charge on any atom is -0.408 e. The molecular weight excluding hydrogens is 446 g/mol. The molecule has 1 aliphatic rings. The van der Waals surface area contributed by atoms with E-state index < -0.39 is 38.4 Å². The first-order chi connectivity index (χ1) is 15.3. The van der Waals surface area contributed by atoms with E-state index in [9.17, 15) is 14.7 Å². The number of nitrogens with zero attached hydrogens (tertiary/aromatic N) is 3. The van der Waals surface area contributed by atoms with E-state index in [0.717, 1.165) is 0 Å². The Bertz CT molecular complexity index is 1060. The van der Waals surface area contributed by atoms with E-state index in [4.69, 9.17) is 13.9 Å². The van der Waals surface area contributed by atoms with Crippen molar-refractivity contribution in [1.82, 2.24) is 19.5 Å². The van der Waals surface area contributed by atoms with Crippen LogP contribution in [-0.4, -0.2) is 70.9 Å². The lowest BCUT2D eigenvalue weighted by atomic mass is 10.1. The normalized spacial score (nSPS) is 24.1. The average molecular weight is 482 g/mol. The van der Waals surface area contributed by atoms with Crippen LogP contribution in [0.15, 0.2) is 11.1 Å². The van der Waals surface area contributed by atoms with Crippen LogP contribution in [0.25, 0.3) is 11.2 Å². The molecule has 0 bridgehead atoms. The van der Waals surface area contributed by atoms with Crippen LogP contribution in [0.2, 0.25) is 18.1 Å². The number of hydrogen-bond donors (Lipinski definition) is 3. The first-order valence-electron chi connectivity index (χ1n) is 11.1. The van der Waals surface area contributed by atoms with Crippen LogP contribution in [0.1, 0.15) is 40.8 Å². The van der Waals surface area contributed by atoms with Crippen molar-refractivity contribution in [3.63, 3.8) is 0 Å². The Balaban J connectivity index is 2.01. The number of anilines is 1. The number of nitrogens with one attached hydrogen (secondary N) is 2. The number of methoxy groups -OCH3 is 1. The quantitative estimate of drug-likeness (QED) is 0.510. The highest BCUT2D eigenvalue weighted by molar-refractivity contribution is 6.74. The summed E-state index contributed by atoms with van der Waals surface area (Å²) in [5, 5.41) is 12.6. The smallest absolute Gasteiger partial charge is 0.280 e. The van der Waals surface area contributed by atoms with Gasteiger partial charge in [0.15, 0.2) is 25.7 Å². The van der Waals surface area contributed by atoms with Crippen molar-refractivity contribution in [2.75, 3.05) is 19.0 Å². The highest BCUT2D eigenvalue weighted by atomic mass is 28.4. The Hall–Kier alpha value is -2.12. The lowest BCUT2D eigenvalue weighted by molar-refractivity contribution is -0.118. The number of carbonyl (C=O) groups is 1. The average Bonchev–Trinajstić information content (AvgIpc) is 3.27. The molecule has 0 aromatic carbocycles. The molecule has 184 valence electrons. The Morgan fingerprint density at radius 3 is 2.58 bits per heavy atom. The van der Waals surface area contributed by atoms with Crippen molar-refractivity contribution in [1.29, 1.82) is 0 Å². The molecule has 33 heavy (non-hydrogen) atoms. The van der Waals surface area contributed by atoms with Crippen LogP contribution >= 0.6 is 0 Å². The number of aliphatic hydroxyl groups excluding tert-OH is 1. The van der Waals surface area contributed by atoms with E-state index in [2.05, 4.69) is 54.1 Å². The van der Waals surface area contributed by atoms with Crippen molar-refractivity contribution in [3.8, 4) is 0 Å². The second kappa shape index (κ2) is 9.26. The Labute approximate surface area is 194 Å². The van der Waals surface area contributed by atoms with Gasteiger partial charge in [-0.3, -0.25) is 24.5 Å². The summed E-state index contributed by atoms with van der Waals surface area (Å²) in [5.41, 5.74) is -0.155. The zero-order valence-corrected chi connectivity index (χ0v) is 21.5. The first-order valence-corrected chi connectivity index (χ1v) is 14.0. The van der Waals surface area contributed by atoms with Gasteiger partial charge in [0.2, 0.25) is 11.9 Å². The predicted molar refractivity (Wildman–Crippen MR) is 125 cm³/mol. The maximum absolute atomic E-state index is 12.6. The monoisotopic (exact) mass is 481 g/mol. The number of H-pyrrole nitrogens is 1. The summed E-state index contributed by atoms with van der Waals surface area (Å²) < 4.78 is 20.1. The van der Waals surface area contributed by atoms with Gasteiger partial charge >= 0.3 is 0 Å². The van der Waals surface area contributed by atoms with Crippen LogP contribution in [-0.2, 0) is 18.7 Å². The van der Waals surface area contributed by atoms with E-state index in [1.165, 1.54) is 6.33 Å². The van der Waals surface area contributed by atoms with E-state index in [-0.39, 0.29) is 40.6 Å². The van der Waals surface area contributed by atoms with E-state index in [0.29, 0.717) is 0 Å². The van der Waals surface area contributed by atoms with Gasteiger partial charge in [0.05, 0.1) is 12.9 Å². The molecule has 0 saturated carbocycles. The van der Waals surface area contributed by atoms with Gasteiger partial charge in [0.25, 0.3) is 5.56 Å². The number of hydrogen-bond acceptors (Lipinski definition) is 8. The molecule has 0 aliphatic carbocycles. The zero-order chi connectivity index (χ0) is 24.7. The van der Waals surface area contributed by atoms with Gasteiger partial charge in [0, 0.05) is 13.0 Å². The Morgan fingerprint density at radius 1 is 1.36 bits per heavy atom. The largest absolute Gasteiger partial charge is 0.408 e. The number of imidazole rings is 1. The molecule has 4 atom stereocenters. The number of fused-ring (bicyclic) bond motifs is 1. The maximum Gasteiger partial charge on any atom is 0.280 e. The van der Waals surface area contributed by atoms with Gasteiger partial charge in [-0.25, -0.2) is 4.98 Å². The predicted octanol–water partition coefficient (Wildman–Crippen LogP) is 2.01. The van der Waals surface area contributed by atoms with Crippen LogP contribution in [0, 0.1) is 5.92 Å². The number of aliphatic hydroxyl groups is 1. The fraction of sp³-hybridized carbons (Fsp3) is 0.714. The lowest BCUT2D eigenvalue weighted by Crippen LogP contribution is -2.50. The molecule has 1 amide bonds. The number of aromatic amines is 1. The minimum atomic E-state index is -2.22. The maximum atomic E-state index is 12.6. The van der Waals surface area contributed by atoms with Crippen molar-refractivity contribution in [3.05, 3.63) is 16.7 Å². The molecular formula is C21H35N5O6Si. The van der Waals surface area contributed by atoms with Crippen LogP contribution in [0.4, 0.5) is 5.95 Å². The molecule has 2 aromatic heterocycles. The summed E-state index contributed by atoms with van der Waals surface area (Å²) in [4.78, 5) is 35.8. The number of ether oxygens (including phenoxy) is 2.